The van der Waals surface area contributed by atoms with Gasteiger partial charge in [0.25, 0.3) is 0 Å². The SMILES string of the molecule is N[C@@H](Cc1c[nH]c2ccccc12)C(=O)N[C@@H](Cc1ccccc1)C(=O)OCc1ccccc1. The molecule has 6 heteroatoms. The molecule has 0 aliphatic rings. The summed E-state index contributed by atoms with van der Waals surface area (Å²) in [6, 6.07) is 25.2. The van der Waals surface area contributed by atoms with Crippen LogP contribution in [0, 0.1) is 0 Å². The highest BCUT2D eigenvalue weighted by Gasteiger charge is 2.26. The molecule has 4 aromatic rings. The lowest BCUT2D eigenvalue weighted by Crippen LogP contribution is -2.50. The first-order chi connectivity index (χ1) is 16.1. The Morgan fingerprint density at radius 1 is 0.848 bits per heavy atom. The van der Waals surface area contributed by atoms with Crippen molar-refractivity contribution < 1.29 is 14.3 Å². The maximum Gasteiger partial charge on any atom is 0.329 e. The molecule has 0 fully saturated rings. The molecule has 0 spiro atoms. The molecule has 0 aliphatic carbocycles. The molecule has 0 bridgehead atoms. The molecule has 3 aromatic carbocycles. The maximum absolute atomic E-state index is 12.9. The second-order valence-corrected chi connectivity index (χ2v) is 8.01. The van der Waals surface area contributed by atoms with E-state index >= 15 is 0 Å². The van der Waals surface area contributed by atoms with Crippen molar-refractivity contribution in [2.45, 2.75) is 31.5 Å². The van der Waals surface area contributed by atoms with Gasteiger partial charge in [0.2, 0.25) is 5.91 Å². The predicted molar refractivity (Wildman–Crippen MR) is 128 cm³/mol. The third-order valence-electron chi connectivity index (χ3n) is 5.56. The van der Waals surface area contributed by atoms with E-state index in [1.54, 1.807) is 0 Å². The summed E-state index contributed by atoms with van der Waals surface area (Å²) in [6.45, 7) is 0.141. The van der Waals surface area contributed by atoms with Crippen LogP contribution >= 0.6 is 0 Å². The molecule has 1 aromatic heterocycles. The van der Waals surface area contributed by atoms with E-state index in [4.69, 9.17) is 10.5 Å². The van der Waals surface area contributed by atoms with Gasteiger partial charge in [0.05, 0.1) is 6.04 Å². The van der Waals surface area contributed by atoms with Gasteiger partial charge in [-0.1, -0.05) is 78.9 Å². The normalized spacial score (nSPS) is 12.8. The number of hydrogen-bond donors (Lipinski definition) is 3. The van der Waals surface area contributed by atoms with E-state index in [0.717, 1.165) is 27.6 Å². The molecule has 0 saturated carbocycles. The van der Waals surface area contributed by atoms with E-state index in [9.17, 15) is 9.59 Å². The minimum atomic E-state index is -0.836. The van der Waals surface area contributed by atoms with Crippen molar-refractivity contribution in [3.8, 4) is 0 Å². The first-order valence-electron chi connectivity index (χ1n) is 11.0. The highest BCUT2D eigenvalue weighted by molar-refractivity contribution is 5.89. The Morgan fingerprint density at radius 2 is 1.48 bits per heavy atom. The van der Waals surface area contributed by atoms with Crippen molar-refractivity contribution in [3.05, 3.63) is 108 Å². The highest BCUT2D eigenvalue weighted by atomic mass is 16.5. The third kappa shape index (κ3) is 5.87. The van der Waals surface area contributed by atoms with Gasteiger partial charge in [-0.25, -0.2) is 4.79 Å². The minimum absolute atomic E-state index is 0.141. The number of amides is 1. The number of nitrogens with two attached hydrogens (primary N) is 1. The summed E-state index contributed by atoms with van der Waals surface area (Å²) in [5.74, 6) is -0.881. The monoisotopic (exact) mass is 441 g/mol. The largest absolute Gasteiger partial charge is 0.459 e. The van der Waals surface area contributed by atoms with Crippen LogP contribution in [0.25, 0.3) is 10.9 Å². The highest BCUT2D eigenvalue weighted by Crippen LogP contribution is 2.19. The molecule has 0 radical (unpaired) electrons. The molecular formula is C27H27N3O3. The number of H-pyrrole nitrogens is 1. The molecule has 0 unspecified atom stereocenters. The Balaban J connectivity index is 1.43. The lowest BCUT2D eigenvalue weighted by molar-refractivity contribution is -0.149. The maximum atomic E-state index is 12.9. The van der Waals surface area contributed by atoms with Crippen LogP contribution in [0.3, 0.4) is 0 Å². The van der Waals surface area contributed by atoms with Crippen molar-refractivity contribution >= 4 is 22.8 Å². The van der Waals surface area contributed by atoms with E-state index in [0.29, 0.717) is 12.8 Å². The molecule has 0 saturated heterocycles. The van der Waals surface area contributed by atoms with Gasteiger partial charge in [-0.2, -0.15) is 0 Å². The van der Waals surface area contributed by atoms with Crippen LogP contribution < -0.4 is 11.1 Å². The minimum Gasteiger partial charge on any atom is -0.459 e. The fraction of sp³-hybridized carbons (Fsp3) is 0.185. The van der Waals surface area contributed by atoms with Gasteiger partial charge < -0.3 is 20.8 Å². The van der Waals surface area contributed by atoms with Crippen LogP contribution in [0.4, 0.5) is 0 Å². The molecule has 33 heavy (non-hydrogen) atoms. The molecule has 1 heterocycles. The summed E-state index contributed by atoms with van der Waals surface area (Å²) in [6.07, 6.45) is 2.54. The lowest BCUT2D eigenvalue weighted by atomic mass is 10.0. The summed E-state index contributed by atoms with van der Waals surface area (Å²) >= 11 is 0. The number of ether oxygens (including phenoxy) is 1. The number of nitrogens with one attached hydrogen (secondary N) is 2. The average Bonchev–Trinajstić information content (AvgIpc) is 3.26. The number of aromatic amines is 1. The van der Waals surface area contributed by atoms with Crippen LogP contribution in [-0.4, -0.2) is 28.9 Å². The summed E-state index contributed by atoms with van der Waals surface area (Å²) in [7, 11) is 0. The number of esters is 1. The summed E-state index contributed by atoms with van der Waals surface area (Å²) in [4.78, 5) is 29.0. The fourth-order valence-electron chi connectivity index (χ4n) is 3.78. The molecular weight excluding hydrogens is 414 g/mol. The Hall–Kier alpha value is -3.90. The number of aromatic nitrogens is 1. The predicted octanol–water partition coefficient (Wildman–Crippen LogP) is 3.51. The number of hydrogen-bond acceptors (Lipinski definition) is 4. The van der Waals surface area contributed by atoms with Crippen molar-refractivity contribution in [1.82, 2.24) is 10.3 Å². The van der Waals surface area contributed by atoms with Gasteiger partial charge in [0, 0.05) is 23.5 Å². The summed E-state index contributed by atoms with van der Waals surface area (Å²) in [5, 5.41) is 3.84. The van der Waals surface area contributed by atoms with Crippen LogP contribution in [0.5, 0.6) is 0 Å². The van der Waals surface area contributed by atoms with Crippen molar-refractivity contribution in [2.75, 3.05) is 0 Å². The quantitative estimate of drug-likeness (QED) is 0.346. The Morgan fingerprint density at radius 3 is 2.21 bits per heavy atom. The molecule has 168 valence electrons. The van der Waals surface area contributed by atoms with Crippen LogP contribution in [0.15, 0.2) is 91.1 Å². The van der Waals surface area contributed by atoms with Gasteiger partial charge in [0.15, 0.2) is 0 Å². The van der Waals surface area contributed by atoms with E-state index in [1.807, 2.05) is 91.1 Å². The first-order valence-corrected chi connectivity index (χ1v) is 11.0. The molecule has 6 nitrogen and oxygen atoms in total. The van der Waals surface area contributed by atoms with Crippen molar-refractivity contribution in [3.63, 3.8) is 0 Å². The zero-order valence-electron chi connectivity index (χ0n) is 18.2. The topological polar surface area (TPSA) is 97.2 Å². The van der Waals surface area contributed by atoms with E-state index < -0.39 is 24.0 Å². The number of fused-ring (bicyclic) bond motifs is 1. The number of benzene rings is 3. The van der Waals surface area contributed by atoms with Crippen LogP contribution in [-0.2, 0) is 33.8 Å². The number of carbonyl (C=O) groups is 2. The van der Waals surface area contributed by atoms with Gasteiger partial charge >= 0.3 is 5.97 Å². The standard InChI is InChI=1S/C27H27N3O3/c28-23(16-21-17-29-24-14-8-7-13-22(21)24)26(31)30-25(15-19-9-3-1-4-10-19)27(32)33-18-20-11-5-2-6-12-20/h1-14,17,23,25,29H,15-16,18,28H2,(H,30,31)/t23-,25-/m0/s1. The first kappa shape index (κ1) is 22.3. The van der Waals surface area contributed by atoms with Gasteiger partial charge in [-0.3, -0.25) is 4.79 Å². The molecule has 2 atom stereocenters. The Labute approximate surface area is 192 Å². The average molecular weight is 442 g/mol. The van der Waals surface area contributed by atoms with Gasteiger partial charge in [0.1, 0.15) is 12.6 Å². The van der Waals surface area contributed by atoms with E-state index in [-0.39, 0.29) is 6.61 Å². The second-order valence-electron chi connectivity index (χ2n) is 8.01. The zero-order valence-corrected chi connectivity index (χ0v) is 18.2. The Bertz CT molecular complexity index is 1210. The number of carbonyl (C=O) groups excluding carboxylic acids is 2. The van der Waals surface area contributed by atoms with Gasteiger partial charge in [-0.05, 0) is 29.2 Å². The van der Waals surface area contributed by atoms with E-state index in [1.165, 1.54) is 0 Å². The number of rotatable bonds is 9. The van der Waals surface area contributed by atoms with Crippen LogP contribution in [0.2, 0.25) is 0 Å². The number of para-hydroxylation sites is 1. The molecule has 4 N–H and O–H groups in total. The lowest BCUT2D eigenvalue weighted by Gasteiger charge is -2.20. The smallest absolute Gasteiger partial charge is 0.329 e. The van der Waals surface area contributed by atoms with E-state index in [2.05, 4.69) is 10.3 Å². The third-order valence-corrected chi connectivity index (χ3v) is 5.56. The summed E-state index contributed by atoms with van der Waals surface area (Å²) in [5.41, 5.74) is 9.98. The molecule has 0 aliphatic heterocycles. The second kappa shape index (κ2) is 10.6. The van der Waals surface area contributed by atoms with Crippen molar-refractivity contribution in [2.24, 2.45) is 5.73 Å². The molecule has 1 amide bonds. The van der Waals surface area contributed by atoms with Gasteiger partial charge in [-0.15, -0.1) is 0 Å². The van der Waals surface area contributed by atoms with Crippen molar-refractivity contribution in [1.29, 1.82) is 0 Å². The fourth-order valence-corrected chi connectivity index (χ4v) is 3.78. The summed E-state index contributed by atoms with van der Waals surface area (Å²) < 4.78 is 5.51. The Kier molecular flexibility index (Phi) is 7.17. The van der Waals surface area contributed by atoms with Crippen LogP contribution in [0.1, 0.15) is 16.7 Å². The zero-order chi connectivity index (χ0) is 23.0. The molecule has 4 rings (SSSR count).